The van der Waals surface area contributed by atoms with E-state index in [1.165, 1.54) is 4.57 Å². The molecule has 0 aromatic carbocycles. The van der Waals surface area contributed by atoms with Crippen LogP contribution < -0.4 is 10.6 Å². The normalized spacial score (nSPS) is 24.5. The minimum atomic E-state index is -1.13. The number of fused-ring (bicyclic) bond motifs is 2. The van der Waals surface area contributed by atoms with Gasteiger partial charge in [-0.05, 0) is 11.6 Å². The van der Waals surface area contributed by atoms with Crippen molar-refractivity contribution < 1.29 is 23.9 Å². The smallest absolute Gasteiger partial charge is 0.328 e. The van der Waals surface area contributed by atoms with Crippen molar-refractivity contribution in [2.45, 2.75) is 22.7 Å². The van der Waals surface area contributed by atoms with Gasteiger partial charge in [-0.2, -0.15) is 4.90 Å². The summed E-state index contributed by atoms with van der Waals surface area (Å²) in [5.74, 6) is -3.21. The van der Waals surface area contributed by atoms with E-state index in [0.29, 0.717) is 46.7 Å². The van der Waals surface area contributed by atoms with E-state index in [-0.39, 0.29) is 17.3 Å². The molecule has 0 aliphatic carbocycles. The van der Waals surface area contributed by atoms with Crippen LogP contribution in [0.1, 0.15) is 16.4 Å². The van der Waals surface area contributed by atoms with Gasteiger partial charge in [0.15, 0.2) is 0 Å². The van der Waals surface area contributed by atoms with Crippen LogP contribution in [0.15, 0.2) is 34.3 Å². The second-order valence-electron chi connectivity index (χ2n) is 7.80. The molecule has 2 N–H and O–H groups in total. The van der Waals surface area contributed by atoms with E-state index in [9.17, 15) is 24.0 Å². The molecule has 5 rings (SSSR count). The zero-order valence-corrected chi connectivity index (χ0v) is 18.8. The fourth-order valence-electron chi connectivity index (χ4n) is 4.44. The standard InChI is InChI=1S/C20H19N5O6S2/c21-19(29)25-16(27)13-12(10-2-1-3-22-8-10)15-18(32-14(13)17(25)28)24(20(30)33-15)9-11(26)23-4-6-31-7-5-23/h1-3,8,12-14H,4-7,9H2,(H2,21,29)/t12-,13?,14?/m0/s1. The Kier molecular flexibility index (Phi) is 5.54. The number of aromatic nitrogens is 2. The van der Waals surface area contributed by atoms with Crippen molar-refractivity contribution in [3.8, 4) is 0 Å². The topological polar surface area (TPSA) is 145 Å². The summed E-state index contributed by atoms with van der Waals surface area (Å²) in [6, 6.07) is 2.32. The van der Waals surface area contributed by atoms with Crippen molar-refractivity contribution in [3.63, 3.8) is 0 Å². The molecule has 2 unspecified atom stereocenters. The Morgan fingerprint density at radius 2 is 1.94 bits per heavy atom. The van der Waals surface area contributed by atoms with E-state index >= 15 is 0 Å². The monoisotopic (exact) mass is 489 g/mol. The molecule has 5 amide bonds. The van der Waals surface area contributed by atoms with Crippen LogP contribution in [0.3, 0.4) is 0 Å². The quantitative estimate of drug-likeness (QED) is 0.585. The first kappa shape index (κ1) is 21.8. The first-order chi connectivity index (χ1) is 15.9. The van der Waals surface area contributed by atoms with E-state index in [0.717, 1.165) is 23.1 Å². The maximum atomic E-state index is 13.1. The lowest BCUT2D eigenvalue weighted by Crippen LogP contribution is -2.43. The van der Waals surface area contributed by atoms with Gasteiger partial charge in [0, 0.05) is 36.3 Å². The van der Waals surface area contributed by atoms with Gasteiger partial charge in [0.25, 0.3) is 5.91 Å². The van der Waals surface area contributed by atoms with Crippen LogP contribution in [0.5, 0.6) is 0 Å². The molecule has 2 aromatic heterocycles. The molecule has 3 aliphatic heterocycles. The molecule has 2 saturated heterocycles. The third kappa shape index (κ3) is 3.56. The zero-order valence-electron chi connectivity index (χ0n) is 17.2. The molecule has 172 valence electrons. The van der Waals surface area contributed by atoms with Gasteiger partial charge in [0.05, 0.1) is 24.2 Å². The van der Waals surface area contributed by atoms with Crippen LogP contribution in [0.2, 0.25) is 0 Å². The summed E-state index contributed by atoms with van der Waals surface area (Å²) < 4.78 is 6.63. The van der Waals surface area contributed by atoms with Crippen molar-refractivity contribution in [2.24, 2.45) is 11.7 Å². The number of pyridine rings is 1. The van der Waals surface area contributed by atoms with E-state index in [1.54, 1.807) is 29.4 Å². The van der Waals surface area contributed by atoms with Crippen molar-refractivity contribution in [1.29, 1.82) is 0 Å². The molecule has 13 heteroatoms. The van der Waals surface area contributed by atoms with Crippen molar-refractivity contribution >= 4 is 46.9 Å². The van der Waals surface area contributed by atoms with Gasteiger partial charge in [0.1, 0.15) is 11.8 Å². The number of amides is 5. The van der Waals surface area contributed by atoms with E-state index in [2.05, 4.69) is 4.98 Å². The van der Waals surface area contributed by atoms with Crippen molar-refractivity contribution in [3.05, 3.63) is 44.6 Å². The van der Waals surface area contributed by atoms with Crippen molar-refractivity contribution in [2.75, 3.05) is 26.3 Å². The number of thiazole rings is 1. The average molecular weight is 490 g/mol. The Balaban J connectivity index is 1.58. The summed E-state index contributed by atoms with van der Waals surface area (Å²) in [7, 11) is 0. The molecular weight excluding hydrogens is 470 g/mol. The van der Waals surface area contributed by atoms with E-state index in [4.69, 9.17) is 10.5 Å². The Labute approximate surface area is 195 Å². The summed E-state index contributed by atoms with van der Waals surface area (Å²) in [6.07, 6.45) is 3.14. The van der Waals surface area contributed by atoms with Crippen LogP contribution >= 0.6 is 23.1 Å². The lowest BCUT2D eigenvalue weighted by atomic mass is 9.84. The lowest BCUT2D eigenvalue weighted by Gasteiger charge is -2.31. The highest BCUT2D eigenvalue weighted by Crippen LogP contribution is 2.53. The molecule has 33 heavy (non-hydrogen) atoms. The van der Waals surface area contributed by atoms with E-state index < -0.39 is 34.9 Å². The molecule has 2 aromatic rings. The fraction of sp³-hybridized carbons (Fsp3) is 0.400. The highest BCUT2D eigenvalue weighted by molar-refractivity contribution is 8.00. The number of carbonyl (C=O) groups excluding carboxylic acids is 4. The summed E-state index contributed by atoms with van der Waals surface area (Å²) in [6.45, 7) is 1.57. The number of nitrogens with two attached hydrogens (primary N) is 1. The molecule has 0 saturated carbocycles. The molecule has 3 atom stereocenters. The number of hydrogen-bond donors (Lipinski definition) is 1. The number of rotatable bonds is 3. The summed E-state index contributed by atoms with van der Waals surface area (Å²) >= 11 is 1.97. The van der Waals surface area contributed by atoms with Crippen LogP contribution in [0, 0.1) is 5.92 Å². The average Bonchev–Trinajstić information content (AvgIpc) is 3.26. The second-order valence-corrected chi connectivity index (χ2v) is 9.92. The van der Waals surface area contributed by atoms with E-state index in [1.807, 2.05) is 0 Å². The van der Waals surface area contributed by atoms with Crippen LogP contribution in [0.4, 0.5) is 4.79 Å². The first-order valence-electron chi connectivity index (χ1n) is 10.2. The number of thioether (sulfide) groups is 1. The molecular formula is C20H19N5O6S2. The highest BCUT2D eigenvalue weighted by Gasteiger charge is 2.58. The molecule has 5 heterocycles. The minimum Gasteiger partial charge on any atom is -0.378 e. The Hall–Kier alpha value is -3.03. The van der Waals surface area contributed by atoms with Gasteiger partial charge in [-0.15, -0.1) is 0 Å². The molecule has 3 aliphatic rings. The van der Waals surface area contributed by atoms with Gasteiger partial charge in [-0.1, -0.05) is 29.2 Å². The number of morpholine rings is 1. The summed E-state index contributed by atoms with van der Waals surface area (Å²) in [4.78, 5) is 70.1. The van der Waals surface area contributed by atoms with Crippen LogP contribution in [-0.2, 0) is 25.7 Å². The first-order valence-corrected chi connectivity index (χ1v) is 11.9. The summed E-state index contributed by atoms with van der Waals surface area (Å²) in [5, 5.41) is -0.490. The number of nitrogens with zero attached hydrogens (tertiary/aromatic N) is 4. The number of carbonyl (C=O) groups is 4. The minimum absolute atomic E-state index is 0.184. The maximum absolute atomic E-state index is 13.1. The SMILES string of the molecule is NC(=O)N1C(=O)C2Sc3c(sc(=O)n3CC(=O)N3CCOCC3)[C@@H](c3cccnc3)C2C1=O. The van der Waals surface area contributed by atoms with Crippen LogP contribution in [0.25, 0.3) is 0 Å². The number of imide groups is 3. The summed E-state index contributed by atoms with van der Waals surface area (Å²) in [5.41, 5.74) is 5.94. The Bertz CT molecular complexity index is 1210. The highest BCUT2D eigenvalue weighted by atomic mass is 32.2. The molecule has 0 radical (unpaired) electrons. The predicted molar refractivity (Wildman–Crippen MR) is 117 cm³/mol. The Morgan fingerprint density at radius 3 is 2.61 bits per heavy atom. The second kappa shape index (κ2) is 8.39. The number of ether oxygens (including phenoxy) is 1. The molecule has 2 fully saturated rings. The largest absolute Gasteiger partial charge is 0.378 e. The van der Waals surface area contributed by atoms with Gasteiger partial charge in [-0.25, -0.2) is 4.79 Å². The number of primary amides is 1. The van der Waals surface area contributed by atoms with Gasteiger partial charge < -0.3 is 15.4 Å². The van der Waals surface area contributed by atoms with Gasteiger partial charge >= 0.3 is 10.9 Å². The number of hydrogen-bond acceptors (Lipinski definition) is 9. The van der Waals surface area contributed by atoms with Gasteiger partial charge in [0.2, 0.25) is 11.8 Å². The lowest BCUT2D eigenvalue weighted by molar-refractivity contribution is -0.137. The fourth-order valence-corrected chi connectivity index (χ4v) is 7.21. The number of likely N-dealkylation sites (tertiary alicyclic amines) is 1. The zero-order chi connectivity index (χ0) is 23.3. The Morgan fingerprint density at radius 1 is 1.18 bits per heavy atom. The molecule has 0 spiro atoms. The number of urea groups is 1. The third-order valence-corrected chi connectivity index (χ3v) is 8.57. The van der Waals surface area contributed by atoms with Gasteiger partial charge in [-0.3, -0.25) is 28.7 Å². The molecule has 0 bridgehead atoms. The predicted octanol–water partition coefficient (Wildman–Crippen LogP) is -0.166. The van der Waals surface area contributed by atoms with Crippen LogP contribution in [-0.4, -0.2) is 74.7 Å². The molecule has 11 nitrogen and oxygen atoms in total. The maximum Gasteiger partial charge on any atom is 0.328 e. The third-order valence-electron chi connectivity index (χ3n) is 5.97. The van der Waals surface area contributed by atoms with Crippen molar-refractivity contribution in [1.82, 2.24) is 19.4 Å².